The van der Waals surface area contributed by atoms with E-state index >= 15 is 0 Å². The topological polar surface area (TPSA) is 38.2 Å². The van der Waals surface area contributed by atoms with Crippen LogP contribution in [0.1, 0.15) is 6.42 Å². The molecule has 2 heterocycles. The predicted molar refractivity (Wildman–Crippen MR) is 54.6 cm³/mol. The molecule has 4 nitrogen and oxygen atoms in total. The number of rotatable bonds is 3. The highest BCUT2D eigenvalue weighted by Crippen LogP contribution is 2.28. The Morgan fingerprint density at radius 2 is 2.53 bits per heavy atom. The van der Waals surface area contributed by atoms with Crippen LogP contribution in [-0.2, 0) is 4.74 Å². The summed E-state index contributed by atoms with van der Waals surface area (Å²) in [5.41, 5.74) is -1.24. The van der Waals surface area contributed by atoms with Gasteiger partial charge in [0.05, 0.1) is 13.2 Å². The van der Waals surface area contributed by atoms with E-state index in [4.69, 9.17) is 4.74 Å². The summed E-state index contributed by atoms with van der Waals surface area (Å²) in [7, 11) is 1.52. The van der Waals surface area contributed by atoms with Crippen LogP contribution in [-0.4, -0.2) is 42.4 Å². The average Bonchev–Trinajstić information content (AvgIpc) is 2.63. The molecule has 0 N–H and O–H groups in total. The Labute approximate surface area is 88.1 Å². The van der Waals surface area contributed by atoms with Gasteiger partial charge in [-0.3, -0.25) is 0 Å². The summed E-state index contributed by atoms with van der Waals surface area (Å²) >= 11 is 0. The number of halogens is 1. The molecule has 1 aliphatic rings. The standard InChI is InChI=1S/C10H14FN3O/c1-15-7-10(11)3-5-14(6-10)9-2-4-12-8-13-9/h2,4,8H,3,5-7H2,1H3. The van der Waals surface area contributed by atoms with Gasteiger partial charge in [0, 0.05) is 26.3 Å². The van der Waals surface area contributed by atoms with Crippen LogP contribution in [0.4, 0.5) is 10.2 Å². The second-order valence-electron chi connectivity index (χ2n) is 3.82. The zero-order chi connectivity index (χ0) is 10.7. The quantitative estimate of drug-likeness (QED) is 0.748. The average molecular weight is 211 g/mol. The van der Waals surface area contributed by atoms with Gasteiger partial charge in [-0.1, -0.05) is 0 Å². The lowest BCUT2D eigenvalue weighted by atomic mass is 10.1. The van der Waals surface area contributed by atoms with Crippen molar-refractivity contribution in [3.05, 3.63) is 18.6 Å². The van der Waals surface area contributed by atoms with Crippen LogP contribution < -0.4 is 4.90 Å². The molecule has 1 saturated heterocycles. The fraction of sp³-hybridized carbons (Fsp3) is 0.600. The van der Waals surface area contributed by atoms with Crippen molar-refractivity contribution in [2.45, 2.75) is 12.1 Å². The molecule has 1 aliphatic heterocycles. The van der Waals surface area contributed by atoms with Gasteiger partial charge in [0.1, 0.15) is 12.1 Å². The molecule has 2 rings (SSSR count). The summed E-state index contributed by atoms with van der Waals surface area (Å²) in [6, 6.07) is 1.79. The van der Waals surface area contributed by atoms with Crippen LogP contribution in [0.25, 0.3) is 0 Å². The van der Waals surface area contributed by atoms with E-state index in [2.05, 4.69) is 9.97 Å². The van der Waals surface area contributed by atoms with Crippen molar-refractivity contribution in [3.63, 3.8) is 0 Å². The van der Waals surface area contributed by atoms with Crippen LogP contribution in [0.15, 0.2) is 18.6 Å². The van der Waals surface area contributed by atoms with Gasteiger partial charge in [-0.2, -0.15) is 0 Å². The van der Waals surface area contributed by atoms with Gasteiger partial charge >= 0.3 is 0 Å². The molecule has 0 bridgehead atoms. The van der Waals surface area contributed by atoms with Gasteiger partial charge in [-0.15, -0.1) is 0 Å². The molecule has 1 atom stereocenters. The number of methoxy groups -OCH3 is 1. The van der Waals surface area contributed by atoms with Crippen LogP contribution in [0.5, 0.6) is 0 Å². The van der Waals surface area contributed by atoms with Crippen molar-refractivity contribution < 1.29 is 9.13 Å². The fourth-order valence-corrected chi connectivity index (χ4v) is 1.88. The molecular weight excluding hydrogens is 197 g/mol. The molecule has 1 aromatic rings. The molecule has 1 aromatic heterocycles. The fourth-order valence-electron chi connectivity index (χ4n) is 1.88. The molecule has 0 aliphatic carbocycles. The van der Waals surface area contributed by atoms with Crippen LogP contribution >= 0.6 is 0 Å². The lowest BCUT2D eigenvalue weighted by molar-refractivity contribution is 0.0570. The third-order valence-electron chi connectivity index (χ3n) is 2.60. The first kappa shape index (κ1) is 10.3. The summed E-state index contributed by atoms with van der Waals surface area (Å²) < 4.78 is 18.9. The van der Waals surface area contributed by atoms with Crippen molar-refractivity contribution in [1.82, 2.24) is 9.97 Å². The molecule has 82 valence electrons. The van der Waals surface area contributed by atoms with E-state index in [9.17, 15) is 4.39 Å². The summed E-state index contributed by atoms with van der Waals surface area (Å²) in [5.74, 6) is 0.778. The third kappa shape index (κ3) is 2.23. The van der Waals surface area contributed by atoms with Gasteiger partial charge in [0.2, 0.25) is 0 Å². The molecule has 0 aromatic carbocycles. The lowest BCUT2D eigenvalue weighted by Gasteiger charge is -2.20. The molecule has 5 heteroatoms. The van der Waals surface area contributed by atoms with Crippen LogP contribution in [0.3, 0.4) is 0 Å². The Morgan fingerprint density at radius 1 is 1.67 bits per heavy atom. The number of alkyl halides is 1. The smallest absolute Gasteiger partial charge is 0.153 e. The second-order valence-corrected chi connectivity index (χ2v) is 3.82. The first-order valence-corrected chi connectivity index (χ1v) is 4.92. The first-order valence-electron chi connectivity index (χ1n) is 4.92. The van der Waals surface area contributed by atoms with Gasteiger partial charge in [-0.05, 0) is 6.07 Å². The first-order chi connectivity index (χ1) is 7.23. The highest BCUT2D eigenvalue weighted by Gasteiger charge is 2.38. The predicted octanol–water partition coefficient (Wildman–Crippen LogP) is 1.04. The molecule has 0 amide bonds. The Balaban J connectivity index is 2.04. The number of aromatic nitrogens is 2. The minimum Gasteiger partial charge on any atom is -0.381 e. The van der Waals surface area contributed by atoms with Crippen molar-refractivity contribution in [2.24, 2.45) is 0 Å². The molecule has 1 fully saturated rings. The summed E-state index contributed by atoms with van der Waals surface area (Å²) in [5, 5.41) is 0. The highest BCUT2D eigenvalue weighted by molar-refractivity contribution is 5.39. The minimum absolute atomic E-state index is 0.147. The molecule has 0 saturated carbocycles. The molecule has 0 spiro atoms. The normalized spacial score (nSPS) is 25.9. The zero-order valence-electron chi connectivity index (χ0n) is 8.69. The second kappa shape index (κ2) is 4.10. The van der Waals surface area contributed by atoms with Crippen molar-refractivity contribution in [2.75, 3.05) is 31.7 Å². The minimum atomic E-state index is -1.24. The van der Waals surface area contributed by atoms with Crippen molar-refractivity contribution >= 4 is 5.82 Å². The van der Waals surface area contributed by atoms with Crippen molar-refractivity contribution in [1.29, 1.82) is 0 Å². The van der Waals surface area contributed by atoms with Gasteiger partial charge in [0.15, 0.2) is 5.67 Å². The Kier molecular flexibility index (Phi) is 2.81. The number of anilines is 1. The Morgan fingerprint density at radius 3 is 3.20 bits per heavy atom. The number of hydrogen-bond donors (Lipinski definition) is 0. The molecule has 15 heavy (non-hydrogen) atoms. The molecule has 1 unspecified atom stereocenters. The Hall–Kier alpha value is -1.23. The summed E-state index contributed by atoms with van der Waals surface area (Å²) in [6.07, 6.45) is 3.63. The SMILES string of the molecule is COCC1(F)CCN(c2ccncn2)C1. The highest BCUT2D eigenvalue weighted by atomic mass is 19.1. The molecule has 0 radical (unpaired) electrons. The maximum absolute atomic E-state index is 14.0. The van der Waals surface area contributed by atoms with Crippen molar-refractivity contribution in [3.8, 4) is 0 Å². The monoisotopic (exact) mass is 211 g/mol. The maximum Gasteiger partial charge on any atom is 0.153 e. The van der Waals surface area contributed by atoms with Crippen LogP contribution in [0.2, 0.25) is 0 Å². The number of nitrogens with zero attached hydrogens (tertiary/aromatic N) is 3. The Bertz CT molecular complexity index is 322. The van der Waals surface area contributed by atoms with Gasteiger partial charge < -0.3 is 9.64 Å². The third-order valence-corrected chi connectivity index (χ3v) is 2.60. The van der Waals surface area contributed by atoms with E-state index in [1.54, 1.807) is 12.3 Å². The van der Waals surface area contributed by atoms with E-state index in [-0.39, 0.29) is 6.61 Å². The van der Waals surface area contributed by atoms with E-state index in [0.29, 0.717) is 19.5 Å². The van der Waals surface area contributed by atoms with E-state index in [0.717, 1.165) is 5.82 Å². The maximum atomic E-state index is 14.0. The van der Waals surface area contributed by atoms with Gasteiger partial charge in [0.25, 0.3) is 0 Å². The lowest BCUT2D eigenvalue weighted by Crippen LogP contribution is -2.33. The molecular formula is C10H14FN3O. The summed E-state index contributed by atoms with van der Waals surface area (Å²) in [4.78, 5) is 9.84. The zero-order valence-corrected chi connectivity index (χ0v) is 8.69. The number of ether oxygens (including phenoxy) is 1. The largest absolute Gasteiger partial charge is 0.381 e. The van der Waals surface area contributed by atoms with Gasteiger partial charge in [-0.25, -0.2) is 14.4 Å². The van der Waals surface area contributed by atoms with E-state index < -0.39 is 5.67 Å². The van der Waals surface area contributed by atoms with Crippen LogP contribution in [0, 0.1) is 0 Å². The summed E-state index contributed by atoms with van der Waals surface area (Å²) in [6.45, 7) is 1.17. The van der Waals surface area contributed by atoms with E-state index in [1.165, 1.54) is 13.4 Å². The number of hydrogen-bond acceptors (Lipinski definition) is 4. The van der Waals surface area contributed by atoms with E-state index in [1.807, 2.05) is 4.90 Å².